The summed E-state index contributed by atoms with van der Waals surface area (Å²) in [7, 11) is 0. The Morgan fingerprint density at radius 3 is 2.38 bits per heavy atom. The Balaban J connectivity index is 1.39. The zero-order chi connectivity index (χ0) is 20.5. The minimum Gasteiger partial charge on any atom is -0.445 e. The second kappa shape index (κ2) is 10.0. The van der Waals surface area contributed by atoms with Gasteiger partial charge in [-0.15, -0.1) is 0 Å². The van der Waals surface area contributed by atoms with Crippen LogP contribution >= 0.6 is 0 Å². The van der Waals surface area contributed by atoms with E-state index in [2.05, 4.69) is 10.6 Å². The van der Waals surface area contributed by atoms with Gasteiger partial charge in [-0.1, -0.05) is 55.3 Å². The highest BCUT2D eigenvalue weighted by atomic mass is 19.1. The second-order valence-electron chi connectivity index (χ2n) is 7.44. The highest BCUT2D eigenvalue weighted by Crippen LogP contribution is 2.38. The summed E-state index contributed by atoms with van der Waals surface area (Å²) in [4.78, 5) is 24.2. The molecule has 5 nitrogen and oxygen atoms in total. The SMILES string of the molecule is O=C(CCCNC(=O)OCc1ccccc1)NC1(c2ccc(F)cc2)CCCC1. The molecular weight excluding hydrogens is 371 g/mol. The molecule has 1 fully saturated rings. The van der Waals surface area contributed by atoms with E-state index in [0.29, 0.717) is 19.4 Å². The summed E-state index contributed by atoms with van der Waals surface area (Å²) in [5, 5.41) is 5.82. The third-order valence-electron chi connectivity index (χ3n) is 5.30. The zero-order valence-electron chi connectivity index (χ0n) is 16.5. The van der Waals surface area contributed by atoms with Crippen LogP contribution in [0.5, 0.6) is 0 Å². The van der Waals surface area contributed by atoms with E-state index >= 15 is 0 Å². The molecule has 29 heavy (non-hydrogen) atoms. The van der Waals surface area contributed by atoms with Gasteiger partial charge in [0, 0.05) is 13.0 Å². The monoisotopic (exact) mass is 398 g/mol. The number of ether oxygens (including phenoxy) is 1. The molecule has 154 valence electrons. The van der Waals surface area contributed by atoms with Gasteiger partial charge in [0.2, 0.25) is 5.91 Å². The van der Waals surface area contributed by atoms with E-state index < -0.39 is 11.6 Å². The zero-order valence-corrected chi connectivity index (χ0v) is 16.5. The van der Waals surface area contributed by atoms with Gasteiger partial charge < -0.3 is 15.4 Å². The van der Waals surface area contributed by atoms with E-state index in [-0.39, 0.29) is 18.3 Å². The van der Waals surface area contributed by atoms with Gasteiger partial charge in [0.1, 0.15) is 12.4 Å². The first kappa shape index (κ1) is 20.8. The highest BCUT2D eigenvalue weighted by molar-refractivity contribution is 5.77. The van der Waals surface area contributed by atoms with Crippen molar-refractivity contribution in [3.05, 3.63) is 71.5 Å². The van der Waals surface area contributed by atoms with Gasteiger partial charge >= 0.3 is 6.09 Å². The van der Waals surface area contributed by atoms with E-state index in [1.165, 1.54) is 12.1 Å². The Hall–Kier alpha value is -2.89. The lowest BCUT2D eigenvalue weighted by molar-refractivity contribution is -0.123. The van der Waals surface area contributed by atoms with Crippen molar-refractivity contribution in [2.24, 2.45) is 0 Å². The molecule has 0 unspecified atom stereocenters. The minimum absolute atomic E-state index is 0.0596. The molecule has 6 heteroatoms. The number of amides is 2. The van der Waals surface area contributed by atoms with Crippen molar-refractivity contribution in [1.29, 1.82) is 0 Å². The number of benzene rings is 2. The fraction of sp³-hybridized carbons (Fsp3) is 0.391. The van der Waals surface area contributed by atoms with Crippen LogP contribution in [0.1, 0.15) is 49.7 Å². The van der Waals surface area contributed by atoms with Crippen molar-refractivity contribution < 1.29 is 18.7 Å². The van der Waals surface area contributed by atoms with E-state index in [1.54, 1.807) is 12.1 Å². The van der Waals surface area contributed by atoms with Gasteiger partial charge in [0.25, 0.3) is 0 Å². The van der Waals surface area contributed by atoms with Crippen LogP contribution in [0.25, 0.3) is 0 Å². The van der Waals surface area contributed by atoms with E-state index in [9.17, 15) is 14.0 Å². The Labute approximate surface area is 170 Å². The summed E-state index contributed by atoms with van der Waals surface area (Å²) in [6, 6.07) is 15.8. The number of carbonyl (C=O) groups is 2. The third-order valence-corrected chi connectivity index (χ3v) is 5.30. The fourth-order valence-electron chi connectivity index (χ4n) is 3.78. The summed E-state index contributed by atoms with van der Waals surface area (Å²) in [6.07, 6.45) is 4.11. The first-order chi connectivity index (χ1) is 14.1. The molecular formula is C23H27FN2O3. The molecule has 0 atom stereocenters. The predicted octanol–water partition coefficient (Wildman–Crippen LogP) is 4.42. The Bertz CT molecular complexity index is 803. The first-order valence-electron chi connectivity index (χ1n) is 10.1. The number of hydrogen-bond donors (Lipinski definition) is 2. The molecule has 0 aromatic heterocycles. The average Bonchev–Trinajstić information content (AvgIpc) is 3.20. The quantitative estimate of drug-likeness (QED) is 0.647. The maximum absolute atomic E-state index is 13.3. The molecule has 3 rings (SSSR count). The summed E-state index contributed by atoms with van der Waals surface area (Å²) in [5.41, 5.74) is 1.46. The smallest absolute Gasteiger partial charge is 0.407 e. The topological polar surface area (TPSA) is 67.4 Å². The van der Waals surface area contributed by atoms with Gasteiger partial charge in [0.15, 0.2) is 0 Å². The number of hydrogen-bond acceptors (Lipinski definition) is 3. The van der Waals surface area contributed by atoms with Crippen LogP contribution in [0.15, 0.2) is 54.6 Å². The number of rotatable bonds is 8. The molecule has 0 saturated heterocycles. The van der Waals surface area contributed by atoms with Crippen LogP contribution in [0, 0.1) is 5.82 Å². The van der Waals surface area contributed by atoms with E-state index in [0.717, 1.165) is 36.8 Å². The Morgan fingerprint density at radius 1 is 1.00 bits per heavy atom. The molecule has 1 saturated carbocycles. The van der Waals surface area contributed by atoms with Gasteiger partial charge in [-0.3, -0.25) is 4.79 Å². The molecule has 2 aromatic rings. The summed E-state index contributed by atoms with van der Waals surface area (Å²) in [6.45, 7) is 0.581. The van der Waals surface area contributed by atoms with Crippen molar-refractivity contribution in [2.45, 2.75) is 50.7 Å². The van der Waals surface area contributed by atoms with Crippen molar-refractivity contribution in [1.82, 2.24) is 10.6 Å². The largest absolute Gasteiger partial charge is 0.445 e. The lowest BCUT2D eigenvalue weighted by atomic mass is 9.88. The molecule has 0 radical (unpaired) electrons. The molecule has 2 aromatic carbocycles. The van der Waals surface area contributed by atoms with Gasteiger partial charge in [0.05, 0.1) is 5.54 Å². The first-order valence-corrected chi connectivity index (χ1v) is 10.1. The maximum Gasteiger partial charge on any atom is 0.407 e. The van der Waals surface area contributed by atoms with Crippen molar-refractivity contribution in [3.8, 4) is 0 Å². The predicted molar refractivity (Wildman–Crippen MR) is 109 cm³/mol. The third kappa shape index (κ3) is 6.04. The highest BCUT2D eigenvalue weighted by Gasteiger charge is 2.36. The van der Waals surface area contributed by atoms with Crippen LogP contribution in [-0.2, 0) is 21.7 Å². The Kier molecular flexibility index (Phi) is 7.22. The van der Waals surface area contributed by atoms with Gasteiger partial charge in [-0.2, -0.15) is 0 Å². The normalized spacial score (nSPS) is 14.9. The molecule has 0 aliphatic heterocycles. The molecule has 0 heterocycles. The van der Waals surface area contributed by atoms with Crippen molar-refractivity contribution in [3.63, 3.8) is 0 Å². The number of nitrogens with one attached hydrogen (secondary N) is 2. The minimum atomic E-state index is -0.493. The summed E-state index contributed by atoms with van der Waals surface area (Å²) >= 11 is 0. The number of carbonyl (C=O) groups excluding carboxylic acids is 2. The molecule has 1 aliphatic rings. The van der Waals surface area contributed by atoms with Crippen LogP contribution in [-0.4, -0.2) is 18.5 Å². The van der Waals surface area contributed by atoms with Gasteiger partial charge in [-0.25, -0.2) is 9.18 Å². The van der Waals surface area contributed by atoms with Gasteiger partial charge in [-0.05, 0) is 42.5 Å². The van der Waals surface area contributed by atoms with Crippen molar-refractivity contribution in [2.75, 3.05) is 6.54 Å². The fourth-order valence-corrected chi connectivity index (χ4v) is 3.78. The molecule has 1 aliphatic carbocycles. The van der Waals surface area contributed by atoms with Crippen LogP contribution in [0.2, 0.25) is 0 Å². The van der Waals surface area contributed by atoms with Crippen molar-refractivity contribution >= 4 is 12.0 Å². The standard InChI is InChI=1S/C23H27FN2O3/c24-20-12-10-19(11-13-20)23(14-4-5-15-23)26-21(27)9-6-16-25-22(28)29-17-18-7-2-1-3-8-18/h1-3,7-8,10-13H,4-6,9,14-17H2,(H,25,28)(H,26,27). The Morgan fingerprint density at radius 2 is 1.69 bits per heavy atom. The molecule has 0 bridgehead atoms. The number of alkyl carbamates (subject to hydrolysis) is 1. The number of halogens is 1. The van der Waals surface area contributed by atoms with Crippen LogP contribution < -0.4 is 10.6 Å². The summed E-state index contributed by atoms with van der Waals surface area (Å²) < 4.78 is 18.4. The molecule has 0 spiro atoms. The molecule has 2 amide bonds. The van der Waals surface area contributed by atoms with Crippen LogP contribution in [0.3, 0.4) is 0 Å². The average molecular weight is 398 g/mol. The maximum atomic E-state index is 13.3. The van der Waals surface area contributed by atoms with E-state index in [1.807, 2.05) is 30.3 Å². The van der Waals surface area contributed by atoms with Crippen LogP contribution in [0.4, 0.5) is 9.18 Å². The lowest BCUT2D eigenvalue weighted by Gasteiger charge is -2.31. The summed E-state index contributed by atoms with van der Waals surface area (Å²) in [5.74, 6) is -0.339. The lowest BCUT2D eigenvalue weighted by Crippen LogP contribution is -2.44. The second-order valence-corrected chi connectivity index (χ2v) is 7.44. The molecule has 2 N–H and O–H groups in total. The van der Waals surface area contributed by atoms with E-state index in [4.69, 9.17) is 4.74 Å².